The number of ether oxygens (including phenoxy) is 1. The molecule has 1 saturated heterocycles. The lowest BCUT2D eigenvalue weighted by Crippen LogP contribution is -2.60. The quantitative estimate of drug-likeness (QED) is 0.562. The maximum absolute atomic E-state index is 12.3. The van der Waals surface area contributed by atoms with E-state index in [2.05, 4.69) is 10.6 Å². The summed E-state index contributed by atoms with van der Waals surface area (Å²) >= 11 is 0. The first-order chi connectivity index (χ1) is 11.0. The predicted molar refractivity (Wildman–Crippen MR) is 89.8 cm³/mol. The Hall–Kier alpha value is -2.18. The van der Waals surface area contributed by atoms with Crippen LogP contribution >= 0.6 is 0 Å². The number of nitrogens with one attached hydrogen (secondary N) is 2. The zero-order valence-electron chi connectivity index (χ0n) is 13.3. The first-order valence-electron chi connectivity index (χ1n) is 7.79. The summed E-state index contributed by atoms with van der Waals surface area (Å²) < 4.78 is 4.82. The fraction of sp³-hybridized carbons (Fsp3) is 0.412. The van der Waals surface area contributed by atoms with Crippen molar-refractivity contribution in [2.24, 2.45) is 5.73 Å². The lowest BCUT2D eigenvalue weighted by atomic mass is 9.90. The van der Waals surface area contributed by atoms with Gasteiger partial charge >= 0.3 is 5.97 Å². The average molecular weight is 317 g/mol. The summed E-state index contributed by atoms with van der Waals surface area (Å²) in [5.74, 6) is -0.556. The molecule has 1 fully saturated rings. The van der Waals surface area contributed by atoms with Crippen molar-refractivity contribution in [1.82, 2.24) is 5.32 Å². The number of nitrogens with two attached hydrogens (primary N) is 1. The van der Waals surface area contributed by atoms with Crippen molar-refractivity contribution in [2.75, 3.05) is 25.0 Å². The molecule has 1 atom stereocenters. The van der Waals surface area contributed by atoms with Gasteiger partial charge in [0.25, 0.3) is 0 Å². The summed E-state index contributed by atoms with van der Waals surface area (Å²) in [6.07, 6.45) is 4.60. The molecule has 4 N–H and O–H groups in total. The van der Waals surface area contributed by atoms with E-state index < -0.39 is 5.54 Å². The summed E-state index contributed by atoms with van der Waals surface area (Å²) in [4.78, 5) is 23.6. The molecular weight excluding hydrogens is 294 g/mol. The van der Waals surface area contributed by atoms with Crippen LogP contribution in [0.15, 0.2) is 30.3 Å². The minimum atomic E-state index is -0.860. The predicted octanol–water partition coefficient (Wildman–Crippen LogP) is 1.28. The SMILES string of the molecule is CCOC(=O)/C=C/c1ccc(NC(=O)C2(N)CCCNC2)cc1. The molecule has 6 nitrogen and oxygen atoms in total. The van der Waals surface area contributed by atoms with E-state index in [4.69, 9.17) is 10.5 Å². The van der Waals surface area contributed by atoms with Crippen LogP contribution < -0.4 is 16.4 Å². The van der Waals surface area contributed by atoms with Crippen LogP contribution in [-0.2, 0) is 14.3 Å². The average Bonchev–Trinajstić information content (AvgIpc) is 2.55. The third-order valence-electron chi connectivity index (χ3n) is 3.74. The van der Waals surface area contributed by atoms with Crippen molar-refractivity contribution in [3.63, 3.8) is 0 Å². The molecule has 0 bridgehead atoms. The molecule has 2 rings (SSSR count). The molecule has 6 heteroatoms. The second-order valence-corrected chi connectivity index (χ2v) is 5.60. The lowest BCUT2D eigenvalue weighted by Gasteiger charge is -2.32. The van der Waals surface area contributed by atoms with Crippen molar-refractivity contribution in [2.45, 2.75) is 25.3 Å². The van der Waals surface area contributed by atoms with Gasteiger partial charge in [-0.1, -0.05) is 12.1 Å². The smallest absolute Gasteiger partial charge is 0.330 e. The fourth-order valence-corrected chi connectivity index (χ4v) is 2.41. The number of amides is 1. The van der Waals surface area contributed by atoms with Gasteiger partial charge in [0.2, 0.25) is 5.91 Å². The molecular formula is C17H23N3O3. The molecule has 0 aromatic heterocycles. The minimum Gasteiger partial charge on any atom is -0.463 e. The largest absolute Gasteiger partial charge is 0.463 e. The van der Waals surface area contributed by atoms with Gasteiger partial charge in [-0.05, 0) is 50.1 Å². The van der Waals surface area contributed by atoms with E-state index in [1.54, 1.807) is 25.1 Å². The van der Waals surface area contributed by atoms with Gasteiger partial charge in [0.15, 0.2) is 0 Å². The van der Waals surface area contributed by atoms with Gasteiger partial charge in [0.05, 0.1) is 6.61 Å². The summed E-state index contributed by atoms with van der Waals surface area (Å²) in [5.41, 5.74) is 6.82. The van der Waals surface area contributed by atoms with Crippen LogP contribution in [-0.4, -0.2) is 37.1 Å². The van der Waals surface area contributed by atoms with Crippen molar-refractivity contribution >= 4 is 23.6 Å². The van der Waals surface area contributed by atoms with Gasteiger partial charge in [-0.2, -0.15) is 0 Å². The molecule has 0 aliphatic carbocycles. The van der Waals surface area contributed by atoms with Crippen LogP contribution in [0.2, 0.25) is 0 Å². The molecule has 1 aromatic carbocycles. The van der Waals surface area contributed by atoms with E-state index in [0.29, 0.717) is 25.3 Å². The van der Waals surface area contributed by atoms with E-state index in [1.165, 1.54) is 6.08 Å². The van der Waals surface area contributed by atoms with Crippen molar-refractivity contribution in [3.05, 3.63) is 35.9 Å². The monoisotopic (exact) mass is 317 g/mol. The Labute approximate surface area is 136 Å². The van der Waals surface area contributed by atoms with Crippen molar-refractivity contribution in [1.29, 1.82) is 0 Å². The summed E-state index contributed by atoms with van der Waals surface area (Å²) in [5, 5.41) is 5.99. The minimum absolute atomic E-state index is 0.181. The number of hydrogen-bond acceptors (Lipinski definition) is 5. The number of carbonyl (C=O) groups excluding carboxylic acids is 2. The van der Waals surface area contributed by atoms with E-state index in [9.17, 15) is 9.59 Å². The maximum Gasteiger partial charge on any atom is 0.330 e. The molecule has 0 saturated carbocycles. The van der Waals surface area contributed by atoms with Crippen molar-refractivity contribution < 1.29 is 14.3 Å². The highest BCUT2D eigenvalue weighted by molar-refractivity contribution is 5.98. The normalized spacial score (nSPS) is 21.1. The second-order valence-electron chi connectivity index (χ2n) is 5.60. The summed E-state index contributed by atoms with van der Waals surface area (Å²) in [6, 6.07) is 7.19. The van der Waals surface area contributed by atoms with E-state index >= 15 is 0 Å². The zero-order chi connectivity index (χ0) is 16.7. The Kier molecular flexibility index (Phi) is 5.90. The van der Waals surface area contributed by atoms with Gasteiger partial charge in [0, 0.05) is 18.3 Å². The van der Waals surface area contributed by atoms with Crippen molar-refractivity contribution in [3.8, 4) is 0 Å². The third-order valence-corrected chi connectivity index (χ3v) is 3.74. The van der Waals surface area contributed by atoms with Crippen LogP contribution in [0.4, 0.5) is 5.69 Å². The van der Waals surface area contributed by atoms with E-state index in [-0.39, 0.29) is 11.9 Å². The standard InChI is InChI=1S/C17H23N3O3/c1-2-23-15(21)9-6-13-4-7-14(8-5-13)20-16(22)17(18)10-3-11-19-12-17/h4-9,19H,2-3,10-12,18H2,1H3,(H,20,22)/b9-6+. The molecule has 23 heavy (non-hydrogen) atoms. The van der Waals surface area contributed by atoms with Crippen LogP contribution in [0, 0.1) is 0 Å². The summed E-state index contributed by atoms with van der Waals surface area (Å²) in [6.45, 7) is 3.49. The zero-order valence-corrected chi connectivity index (χ0v) is 13.3. The molecule has 0 radical (unpaired) electrons. The summed E-state index contributed by atoms with van der Waals surface area (Å²) in [7, 11) is 0. The molecule has 1 amide bonds. The third kappa shape index (κ3) is 4.91. The number of carbonyl (C=O) groups is 2. The van der Waals surface area contributed by atoms with Gasteiger partial charge in [-0.3, -0.25) is 4.79 Å². The topological polar surface area (TPSA) is 93.5 Å². The van der Waals surface area contributed by atoms with Gasteiger partial charge < -0.3 is 21.1 Å². The van der Waals surface area contributed by atoms with E-state index in [1.807, 2.05) is 12.1 Å². The molecule has 1 heterocycles. The number of esters is 1. The number of piperidine rings is 1. The lowest BCUT2D eigenvalue weighted by molar-refractivity contribution is -0.137. The Morgan fingerprint density at radius 2 is 2.13 bits per heavy atom. The molecule has 1 aliphatic rings. The van der Waals surface area contributed by atoms with Crippen LogP contribution in [0.5, 0.6) is 0 Å². The maximum atomic E-state index is 12.3. The van der Waals surface area contributed by atoms with Crippen LogP contribution in [0.3, 0.4) is 0 Å². The fourth-order valence-electron chi connectivity index (χ4n) is 2.41. The number of hydrogen-bond donors (Lipinski definition) is 3. The Bertz CT molecular complexity index is 575. The van der Waals surface area contributed by atoms with Gasteiger partial charge in [-0.25, -0.2) is 4.79 Å². The first kappa shape index (κ1) is 17.2. The molecule has 1 aliphatic heterocycles. The number of benzene rings is 1. The highest BCUT2D eigenvalue weighted by Gasteiger charge is 2.35. The Balaban J connectivity index is 1.94. The highest BCUT2D eigenvalue weighted by atomic mass is 16.5. The number of rotatable bonds is 5. The highest BCUT2D eigenvalue weighted by Crippen LogP contribution is 2.17. The van der Waals surface area contributed by atoms with Crippen LogP contribution in [0.25, 0.3) is 6.08 Å². The van der Waals surface area contributed by atoms with Gasteiger partial charge in [0.1, 0.15) is 5.54 Å². The molecule has 1 aromatic rings. The molecule has 0 spiro atoms. The number of anilines is 1. The van der Waals surface area contributed by atoms with Gasteiger partial charge in [-0.15, -0.1) is 0 Å². The van der Waals surface area contributed by atoms with Crippen LogP contribution in [0.1, 0.15) is 25.3 Å². The Morgan fingerprint density at radius 1 is 1.39 bits per heavy atom. The van der Waals surface area contributed by atoms with E-state index in [0.717, 1.165) is 18.5 Å². The molecule has 124 valence electrons. The second kappa shape index (κ2) is 7.89. The first-order valence-corrected chi connectivity index (χ1v) is 7.79. The molecule has 1 unspecified atom stereocenters. The Morgan fingerprint density at radius 3 is 2.74 bits per heavy atom.